The standard InChI is InChI=1S/C16H28N2O3/c1-18(9-14(19)10-21-2)15(20)17-16-6-11-3-12(7-16)5-13(4-11)8-16/h11-14,19H,3-10H2,1-2H3,(H,17,20). The number of hydrogen-bond donors (Lipinski definition) is 2. The van der Waals surface area contributed by atoms with E-state index in [9.17, 15) is 9.90 Å². The molecule has 4 fully saturated rings. The Hall–Kier alpha value is -0.810. The van der Waals surface area contributed by atoms with Crippen LogP contribution in [0.2, 0.25) is 0 Å². The van der Waals surface area contributed by atoms with Gasteiger partial charge in [0, 0.05) is 19.7 Å². The molecule has 5 nitrogen and oxygen atoms in total. The molecular formula is C16H28N2O3. The largest absolute Gasteiger partial charge is 0.389 e. The zero-order valence-electron chi connectivity index (χ0n) is 13.2. The highest BCUT2D eigenvalue weighted by Gasteiger charge is 2.51. The maximum atomic E-state index is 12.4. The number of likely N-dealkylation sites (N-methyl/N-ethyl adjacent to an activating group) is 1. The molecule has 0 aromatic heterocycles. The second-order valence-corrected chi connectivity index (χ2v) is 7.62. The summed E-state index contributed by atoms with van der Waals surface area (Å²) in [5, 5.41) is 13.1. The molecule has 4 saturated carbocycles. The molecule has 21 heavy (non-hydrogen) atoms. The first-order valence-corrected chi connectivity index (χ1v) is 8.20. The minimum atomic E-state index is -0.623. The predicted octanol–water partition coefficient (Wildman–Crippen LogP) is 1.60. The van der Waals surface area contributed by atoms with Crippen LogP contribution in [-0.4, -0.2) is 55.0 Å². The highest BCUT2D eigenvalue weighted by Crippen LogP contribution is 2.55. The topological polar surface area (TPSA) is 61.8 Å². The number of amides is 2. The van der Waals surface area contributed by atoms with Gasteiger partial charge in [-0.05, 0) is 56.3 Å². The summed E-state index contributed by atoms with van der Waals surface area (Å²) in [6, 6.07) is -0.0490. The Morgan fingerprint density at radius 2 is 1.81 bits per heavy atom. The fourth-order valence-corrected chi connectivity index (χ4v) is 5.23. The second-order valence-electron chi connectivity index (χ2n) is 7.62. The quantitative estimate of drug-likeness (QED) is 0.810. The highest BCUT2D eigenvalue weighted by molar-refractivity contribution is 5.75. The molecule has 0 radical (unpaired) electrons. The number of hydrogen-bond acceptors (Lipinski definition) is 3. The van der Waals surface area contributed by atoms with Gasteiger partial charge in [0.2, 0.25) is 0 Å². The molecule has 0 aliphatic heterocycles. The van der Waals surface area contributed by atoms with E-state index in [-0.39, 0.29) is 18.2 Å². The van der Waals surface area contributed by atoms with Crippen LogP contribution in [-0.2, 0) is 4.74 Å². The van der Waals surface area contributed by atoms with Crippen LogP contribution in [0.1, 0.15) is 38.5 Å². The van der Waals surface area contributed by atoms with Crippen molar-refractivity contribution in [1.82, 2.24) is 10.2 Å². The first-order valence-electron chi connectivity index (χ1n) is 8.20. The van der Waals surface area contributed by atoms with Crippen LogP contribution in [0, 0.1) is 17.8 Å². The Labute approximate surface area is 127 Å². The van der Waals surface area contributed by atoms with Crippen molar-refractivity contribution in [2.75, 3.05) is 27.3 Å². The smallest absolute Gasteiger partial charge is 0.317 e. The van der Waals surface area contributed by atoms with Gasteiger partial charge in [-0.25, -0.2) is 4.79 Å². The number of nitrogens with zero attached hydrogens (tertiary/aromatic N) is 1. The van der Waals surface area contributed by atoms with E-state index in [0.717, 1.165) is 37.0 Å². The molecule has 2 N–H and O–H groups in total. The second kappa shape index (κ2) is 5.76. The Balaban J connectivity index is 1.57. The third-order valence-electron chi connectivity index (χ3n) is 5.60. The van der Waals surface area contributed by atoms with E-state index < -0.39 is 6.10 Å². The molecule has 4 aliphatic rings. The van der Waals surface area contributed by atoms with Gasteiger partial charge in [-0.3, -0.25) is 0 Å². The maximum absolute atomic E-state index is 12.4. The molecule has 5 heteroatoms. The SMILES string of the molecule is COCC(O)CN(C)C(=O)NC12CC3CC(CC(C3)C1)C2. The van der Waals surface area contributed by atoms with E-state index in [1.165, 1.54) is 19.3 Å². The van der Waals surface area contributed by atoms with Crippen molar-refractivity contribution in [1.29, 1.82) is 0 Å². The molecule has 0 aromatic rings. The fourth-order valence-electron chi connectivity index (χ4n) is 5.23. The van der Waals surface area contributed by atoms with Crippen LogP contribution < -0.4 is 5.32 Å². The minimum Gasteiger partial charge on any atom is -0.389 e. The van der Waals surface area contributed by atoms with Gasteiger partial charge in [0.25, 0.3) is 0 Å². The number of methoxy groups -OCH3 is 1. The van der Waals surface area contributed by atoms with Gasteiger partial charge in [-0.1, -0.05) is 0 Å². The molecule has 120 valence electrons. The van der Waals surface area contributed by atoms with E-state index in [2.05, 4.69) is 5.32 Å². The number of carbonyl (C=O) groups excluding carboxylic acids is 1. The summed E-state index contributed by atoms with van der Waals surface area (Å²) < 4.78 is 4.91. The van der Waals surface area contributed by atoms with Gasteiger partial charge in [-0.15, -0.1) is 0 Å². The minimum absolute atomic E-state index is 0.0340. The molecular weight excluding hydrogens is 268 g/mol. The van der Waals surface area contributed by atoms with Crippen LogP contribution in [0.25, 0.3) is 0 Å². The molecule has 1 unspecified atom stereocenters. The van der Waals surface area contributed by atoms with Gasteiger partial charge in [0.15, 0.2) is 0 Å². The van der Waals surface area contributed by atoms with E-state index in [1.807, 2.05) is 0 Å². The molecule has 4 rings (SSSR count). The average molecular weight is 296 g/mol. The Morgan fingerprint density at radius 1 is 1.29 bits per heavy atom. The number of ether oxygens (including phenoxy) is 1. The summed E-state index contributed by atoms with van der Waals surface area (Å²) in [5.41, 5.74) is 0.0340. The molecule has 4 aliphatic carbocycles. The van der Waals surface area contributed by atoms with E-state index in [4.69, 9.17) is 4.74 Å². The first kappa shape index (κ1) is 15.1. The number of carbonyl (C=O) groups is 1. The lowest BCUT2D eigenvalue weighted by Gasteiger charge is -2.57. The summed E-state index contributed by atoms with van der Waals surface area (Å²) >= 11 is 0. The maximum Gasteiger partial charge on any atom is 0.317 e. The van der Waals surface area contributed by atoms with Crippen molar-refractivity contribution in [3.63, 3.8) is 0 Å². The van der Waals surface area contributed by atoms with Crippen molar-refractivity contribution in [2.24, 2.45) is 17.8 Å². The zero-order valence-corrected chi connectivity index (χ0v) is 13.2. The Morgan fingerprint density at radius 3 is 2.29 bits per heavy atom. The normalized spacial score (nSPS) is 38.3. The fraction of sp³-hybridized carbons (Fsp3) is 0.938. The van der Waals surface area contributed by atoms with E-state index >= 15 is 0 Å². The average Bonchev–Trinajstić information content (AvgIpc) is 2.36. The van der Waals surface area contributed by atoms with E-state index in [0.29, 0.717) is 6.54 Å². The summed E-state index contributed by atoms with van der Waals surface area (Å²) in [6.45, 7) is 0.570. The van der Waals surface area contributed by atoms with Crippen molar-refractivity contribution in [2.45, 2.75) is 50.2 Å². The first-order chi connectivity index (χ1) is 9.99. The summed E-state index contributed by atoms with van der Waals surface area (Å²) in [7, 11) is 3.30. The van der Waals surface area contributed by atoms with Gasteiger partial charge in [0.1, 0.15) is 0 Å². The van der Waals surface area contributed by atoms with Gasteiger partial charge in [-0.2, -0.15) is 0 Å². The van der Waals surface area contributed by atoms with Crippen molar-refractivity contribution >= 4 is 6.03 Å². The van der Waals surface area contributed by atoms with Crippen molar-refractivity contribution in [3.05, 3.63) is 0 Å². The number of rotatable bonds is 5. The van der Waals surface area contributed by atoms with Crippen molar-refractivity contribution in [3.8, 4) is 0 Å². The lowest BCUT2D eigenvalue weighted by molar-refractivity contribution is -0.0165. The van der Waals surface area contributed by atoms with Crippen LogP contribution in [0.5, 0.6) is 0 Å². The molecule has 0 spiro atoms. The van der Waals surface area contributed by atoms with Gasteiger partial charge < -0.3 is 20.1 Å². The number of aliphatic hydroxyl groups is 1. The van der Waals surface area contributed by atoms with Crippen molar-refractivity contribution < 1.29 is 14.6 Å². The summed E-state index contributed by atoms with van der Waals surface area (Å²) in [6.07, 6.45) is 6.95. The van der Waals surface area contributed by atoms with E-state index in [1.54, 1.807) is 19.1 Å². The molecule has 2 amide bonds. The Kier molecular flexibility index (Phi) is 4.14. The zero-order chi connectivity index (χ0) is 15.0. The molecule has 0 aromatic carbocycles. The molecule has 0 heterocycles. The third-order valence-corrected chi connectivity index (χ3v) is 5.60. The number of urea groups is 1. The lowest BCUT2D eigenvalue weighted by Crippen LogP contribution is -2.61. The lowest BCUT2D eigenvalue weighted by atomic mass is 9.53. The van der Waals surface area contributed by atoms with Crippen LogP contribution in [0.3, 0.4) is 0 Å². The van der Waals surface area contributed by atoms with Gasteiger partial charge in [0.05, 0.1) is 19.3 Å². The predicted molar refractivity (Wildman–Crippen MR) is 79.9 cm³/mol. The molecule has 0 saturated heterocycles. The third kappa shape index (κ3) is 3.19. The summed E-state index contributed by atoms with van der Waals surface area (Å²) in [5.74, 6) is 2.46. The monoisotopic (exact) mass is 296 g/mol. The van der Waals surface area contributed by atoms with Crippen LogP contribution >= 0.6 is 0 Å². The van der Waals surface area contributed by atoms with Crippen LogP contribution in [0.15, 0.2) is 0 Å². The van der Waals surface area contributed by atoms with Crippen LogP contribution in [0.4, 0.5) is 4.79 Å². The molecule has 1 atom stereocenters. The Bertz CT molecular complexity index is 364. The molecule has 4 bridgehead atoms. The van der Waals surface area contributed by atoms with Gasteiger partial charge >= 0.3 is 6.03 Å². The number of nitrogens with one attached hydrogen (secondary N) is 1. The highest BCUT2D eigenvalue weighted by atomic mass is 16.5. The summed E-state index contributed by atoms with van der Waals surface area (Å²) in [4.78, 5) is 14.0. The number of aliphatic hydroxyl groups excluding tert-OH is 1.